The summed E-state index contributed by atoms with van der Waals surface area (Å²) < 4.78 is 0. The van der Waals surface area contributed by atoms with Gasteiger partial charge < -0.3 is 0 Å². The summed E-state index contributed by atoms with van der Waals surface area (Å²) in [4.78, 5) is 0. The second-order valence-corrected chi connectivity index (χ2v) is 27.5. The fourth-order valence-corrected chi connectivity index (χ4v) is 14.1. The highest BCUT2D eigenvalue weighted by atomic mass is 14.4. The molecule has 0 saturated heterocycles. The van der Waals surface area contributed by atoms with Crippen molar-refractivity contribution in [3.8, 4) is 66.8 Å². The molecule has 0 heterocycles. The molecule has 0 radical (unpaired) electrons. The standard InChI is InChI=1S/C79H72/c1-76(2,3)50-34-40-58-62(42-50)67(46-22-15-13-16-23-46)56-38-32-52(78(7,8)9)44-64(56)69(58)72-54-28-19-20-29-55(54)73(75-61-37-31-49-27-21-26-48-30-36-60(74(72)75)71(61)66(48)49)70-59-41-35-51(77(4,5)6)43-63(59)68(47-24-17-14-18-25-47)57-39-33-53(45-65(57)70)79(10,11)12/h13-20,22-25,28-45H,21,26-27H2,1-12H3. The second kappa shape index (κ2) is 17.3. The molecule has 0 N–H and O–H groups in total. The Hall–Kier alpha value is -7.80. The molecule has 388 valence electrons. The van der Waals surface area contributed by atoms with Gasteiger partial charge in [0.25, 0.3) is 0 Å². The molecular weight excluding hydrogens is 949 g/mol. The van der Waals surface area contributed by atoms with Crippen molar-refractivity contribution >= 4 is 64.6 Å². The van der Waals surface area contributed by atoms with Crippen molar-refractivity contribution in [2.45, 2.75) is 124 Å². The van der Waals surface area contributed by atoms with Crippen LogP contribution in [0.2, 0.25) is 0 Å². The summed E-state index contributed by atoms with van der Waals surface area (Å²) in [7, 11) is 0. The van der Waals surface area contributed by atoms with Crippen LogP contribution in [0.5, 0.6) is 0 Å². The van der Waals surface area contributed by atoms with Gasteiger partial charge in [0.15, 0.2) is 0 Å². The topological polar surface area (TPSA) is 0 Å². The van der Waals surface area contributed by atoms with Gasteiger partial charge in [-0.05, 0) is 230 Å². The molecule has 0 saturated carbocycles. The van der Waals surface area contributed by atoms with E-state index in [0.717, 1.165) is 12.8 Å². The number of rotatable bonds is 4. The smallest absolute Gasteiger partial charge is 0.000696 e. The lowest BCUT2D eigenvalue weighted by Gasteiger charge is -2.28. The number of hydrogen-bond donors (Lipinski definition) is 0. The maximum atomic E-state index is 2.57. The molecule has 0 aliphatic heterocycles. The molecule has 2 aliphatic rings. The third kappa shape index (κ3) is 7.61. The fourth-order valence-electron chi connectivity index (χ4n) is 14.1. The number of benzene rings is 12. The lowest BCUT2D eigenvalue weighted by Crippen LogP contribution is -2.12. The van der Waals surface area contributed by atoms with Gasteiger partial charge in [0.05, 0.1) is 0 Å². The third-order valence-electron chi connectivity index (χ3n) is 18.3. The summed E-state index contributed by atoms with van der Waals surface area (Å²) in [5, 5.41) is 15.9. The minimum atomic E-state index is -0.0769. The molecule has 0 aromatic heterocycles. The van der Waals surface area contributed by atoms with E-state index in [1.807, 2.05) is 0 Å². The summed E-state index contributed by atoms with van der Waals surface area (Å²) >= 11 is 0. The Bertz CT molecular complexity index is 4260. The Morgan fingerprint density at radius 2 is 0.544 bits per heavy atom. The number of aryl methyl sites for hydroxylation is 2. The first-order chi connectivity index (χ1) is 37.8. The van der Waals surface area contributed by atoms with E-state index in [9.17, 15) is 0 Å². The zero-order valence-electron chi connectivity index (χ0n) is 48.4. The lowest BCUT2D eigenvalue weighted by molar-refractivity contribution is 0.590. The molecule has 0 amide bonds. The minimum Gasteiger partial charge on any atom is -0.0622 e. The zero-order chi connectivity index (χ0) is 54.7. The molecule has 0 spiro atoms. The van der Waals surface area contributed by atoms with Crippen LogP contribution in [0.3, 0.4) is 0 Å². The van der Waals surface area contributed by atoms with Crippen LogP contribution in [-0.4, -0.2) is 0 Å². The van der Waals surface area contributed by atoms with Crippen molar-refractivity contribution < 1.29 is 0 Å². The van der Waals surface area contributed by atoms with E-state index in [0.29, 0.717) is 0 Å². The summed E-state index contributed by atoms with van der Waals surface area (Å²) in [5.41, 5.74) is 24.0. The van der Waals surface area contributed by atoms with Crippen molar-refractivity contribution in [2.24, 2.45) is 0 Å². The SMILES string of the molecule is CC(C)(C)c1ccc2c(-c3c4c(c(-c5c6ccc(C(C)(C)C)cc6c(-c6ccccc6)c6ccc(C(C)(C)C)cc56)c5ccccc35)-c3ccc5c6c(ccc-4c36)CCC5)c3cc(C(C)(C)C)ccc3c(-c3ccccc3)c2c1. The first-order valence-electron chi connectivity index (χ1n) is 29.1. The van der Waals surface area contributed by atoms with Crippen molar-refractivity contribution in [3.05, 3.63) is 215 Å². The largest absolute Gasteiger partial charge is 0.0622 e. The fraction of sp³-hybridized carbons (Fsp3) is 0.241. The second-order valence-electron chi connectivity index (χ2n) is 27.5. The van der Waals surface area contributed by atoms with E-state index in [-0.39, 0.29) is 21.7 Å². The molecule has 0 heteroatoms. The lowest BCUT2D eigenvalue weighted by atomic mass is 9.75. The van der Waals surface area contributed by atoms with Gasteiger partial charge in [0, 0.05) is 0 Å². The highest BCUT2D eigenvalue weighted by Gasteiger charge is 2.36. The summed E-state index contributed by atoms with van der Waals surface area (Å²) in [6, 6.07) is 71.9. The molecule has 0 atom stereocenters. The summed E-state index contributed by atoms with van der Waals surface area (Å²) in [5.74, 6) is 0. The van der Waals surface area contributed by atoms with Crippen LogP contribution in [0.25, 0.3) is 131 Å². The summed E-state index contributed by atoms with van der Waals surface area (Å²) in [6.07, 6.45) is 3.40. The minimum absolute atomic E-state index is 0.0528. The van der Waals surface area contributed by atoms with E-state index < -0.39 is 0 Å². The number of hydrogen-bond acceptors (Lipinski definition) is 0. The first kappa shape index (κ1) is 49.5. The molecule has 79 heavy (non-hydrogen) atoms. The predicted octanol–water partition coefficient (Wildman–Crippen LogP) is 22.6. The average molecular weight is 1020 g/mol. The van der Waals surface area contributed by atoms with Gasteiger partial charge in [-0.3, -0.25) is 0 Å². The van der Waals surface area contributed by atoms with Gasteiger partial charge in [-0.1, -0.05) is 241 Å². The van der Waals surface area contributed by atoms with E-state index in [1.165, 1.54) is 171 Å². The molecule has 0 bridgehead atoms. The molecule has 12 aromatic carbocycles. The van der Waals surface area contributed by atoms with Crippen LogP contribution in [-0.2, 0) is 34.5 Å². The monoisotopic (exact) mass is 1020 g/mol. The van der Waals surface area contributed by atoms with Crippen molar-refractivity contribution in [1.82, 2.24) is 0 Å². The first-order valence-corrected chi connectivity index (χ1v) is 29.1. The summed E-state index contributed by atoms with van der Waals surface area (Å²) in [6.45, 7) is 28.4. The van der Waals surface area contributed by atoms with Gasteiger partial charge in [0.2, 0.25) is 0 Å². The Kier molecular flexibility index (Phi) is 10.9. The zero-order valence-corrected chi connectivity index (χ0v) is 48.4. The Labute approximate surface area is 468 Å². The van der Waals surface area contributed by atoms with E-state index in [2.05, 4.69) is 265 Å². The van der Waals surface area contributed by atoms with Gasteiger partial charge in [-0.25, -0.2) is 0 Å². The van der Waals surface area contributed by atoms with Crippen LogP contribution in [0.4, 0.5) is 0 Å². The quantitative estimate of drug-likeness (QED) is 0.154. The van der Waals surface area contributed by atoms with E-state index in [4.69, 9.17) is 0 Å². The van der Waals surface area contributed by atoms with E-state index >= 15 is 0 Å². The van der Waals surface area contributed by atoms with Crippen molar-refractivity contribution in [1.29, 1.82) is 0 Å². The third-order valence-corrected chi connectivity index (χ3v) is 18.3. The average Bonchev–Trinajstić information content (AvgIpc) is 4.06. The van der Waals surface area contributed by atoms with Gasteiger partial charge >= 0.3 is 0 Å². The predicted molar refractivity (Wildman–Crippen MR) is 344 cm³/mol. The highest BCUT2D eigenvalue weighted by molar-refractivity contribution is 6.35. The van der Waals surface area contributed by atoms with Gasteiger partial charge in [-0.15, -0.1) is 0 Å². The van der Waals surface area contributed by atoms with Crippen molar-refractivity contribution in [2.75, 3.05) is 0 Å². The molecule has 0 unspecified atom stereocenters. The van der Waals surface area contributed by atoms with Crippen LogP contribution < -0.4 is 0 Å². The number of fused-ring (bicyclic) bond motifs is 8. The maximum absolute atomic E-state index is 2.57. The van der Waals surface area contributed by atoms with Crippen LogP contribution in [0.1, 0.15) is 123 Å². The maximum Gasteiger partial charge on any atom is -0.000696 e. The molecule has 14 rings (SSSR count). The normalized spacial score (nSPS) is 13.7. The highest BCUT2D eigenvalue weighted by Crippen LogP contribution is 2.62. The Balaban J connectivity index is 1.25. The molecule has 0 fully saturated rings. The van der Waals surface area contributed by atoms with Gasteiger partial charge in [-0.2, -0.15) is 0 Å². The van der Waals surface area contributed by atoms with Crippen molar-refractivity contribution in [3.63, 3.8) is 0 Å². The molecule has 0 nitrogen and oxygen atoms in total. The Morgan fingerprint density at radius 1 is 0.241 bits per heavy atom. The Morgan fingerprint density at radius 3 is 0.886 bits per heavy atom. The van der Waals surface area contributed by atoms with Crippen LogP contribution in [0, 0.1) is 0 Å². The van der Waals surface area contributed by atoms with E-state index in [1.54, 1.807) is 0 Å². The van der Waals surface area contributed by atoms with Crippen LogP contribution in [0.15, 0.2) is 182 Å². The molecule has 2 aliphatic carbocycles. The van der Waals surface area contributed by atoms with Gasteiger partial charge in [0.1, 0.15) is 0 Å². The molecule has 12 aromatic rings. The molecular formula is C79H72. The van der Waals surface area contributed by atoms with Crippen LogP contribution >= 0.6 is 0 Å².